The molecule has 4 N–H and O–H groups in total. The topological polar surface area (TPSA) is 92.4 Å². The highest BCUT2D eigenvalue weighted by molar-refractivity contribution is 5.79. The zero-order chi connectivity index (χ0) is 9.84. The van der Waals surface area contributed by atoms with E-state index in [0.29, 0.717) is 6.42 Å². The van der Waals surface area contributed by atoms with E-state index in [9.17, 15) is 9.59 Å². The summed E-state index contributed by atoms with van der Waals surface area (Å²) in [6, 6.07) is -0.183. The van der Waals surface area contributed by atoms with Gasteiger partial charge in [0, 0.05) is 6.04 Å². The van der Waals surface area contributed by atoms with Gasteiger partial charge in [-0.2, -0.15) is 0 Å². The number of carboxylic acid groups (broad SMARTS) is 1. The molecule has 0 radical (unpaired) electrons. The van der Waals surface area contributed by atoms with Gasteiger partial charge in [0.25, 0.3) is 0 Å². The van der Waals surface area contributed by atoms with Gasteiger partial charge in [0.2, 0.25) is 5.91 Å². The second-order valence-corrected chi connectivity index (χ2v) is 2.94. The molecular weight excluding hydrogens is 172 g/mol. The van der Waals surface area contributed by atoms with Gasteiger partial charge in [-0.1, -0.05) is 12.2 Å². The van der Waals surface area contributed by atoms with Crippen LogP contribution in [0.25, 0.3) is 0 Å². The van der Waals surface area contributed by atoms with Crippen LogP contribution in [0.5, 0.6) is 0 Å². The first-order valence-corrected chi connectivity index (χ1v) is 4.04. The molecule has 2 unspecified atom stereocenters. The summed E-state index contributed by atoms with van der Waals surface area (Å²) in [7, 11) is 0. The van der Waals surface area contributed by atoms with Crippen molar-refractivity contribution < 1.29 is 14.7 Å². The fourth-order valence-corrected chi connectivity index (χ4v) is 1.25. The van der Waals surface area contributed by atoms with E-state index in [0.717, 1.165) is 0 Å². The summed E-state index contributed by atoms with van der Waals surface area (Å²) < 4.78 is 0. The number of nitrogens with two attached hydrogens (primary N) is 1. The zero-order valence-corrected chi connectivity index (χ0v) is 7.06. The first-order valence-electron chi connectivity index (χ1n) is 4.04. The van der Waals surface area contributed by atoms with Gasteiger partial charge in [-0.25, -0.2) is 0 Å². The Hall–Kier alpha value is -1.36. The summed E-state index contributed by atoms with van der Waals surface area (Å²) >= 11 is 0. The fourth-order valence-electron chi connectivity index (χ4n) is 1.25. The molecule has 0 fully saturated rings. The van der Waals surface area contributed by atoms with Crippen molar-refractivity contribution in [2.45, 2.75) is 12.5 Å². The second kappa shape index (κ2) is 4.04. The smallest absolute Gasteiger partial charge is 0.310 e. The van der Waals surface area contributed by atoms with Crippen molar-refractivity contribution in [2.24, 2.45) is 11.7 Å². The van der Waals surface area contributed by atoms with Crippen molar-refractivity contribution >= 4 is 11.9 Å². The lowest BCUT2D eigenvalue weighted by Crippen LogP contribution is -2.37. The molecule has 5 nitrogen and oxygen atoms in total. The van der Waals surface area contributed by atoms with E-state index in [1.165, 1.54) is 0 Å². The van der Waals surface area contributed by atoms with E-state index >= 15 is 0 Å². The SMILES string of the molecule is NCC(=O)NC1C=CC(C(=O)O)C1. The highest BCUT2D eigenvalue weighted by Gasteiger charge is 2.24. The Labute approximate surface area is 75.6 Å². The molecule has 0 aromatic heterocycles. The first-order chi connectivity index (χ1) is 6.13. The molecule has 0 heterocycles. The predicted molar refractivity (Wildman–Crippen MR) is 45.9 cm³/mol. The highest BCUT2D eigenvalue weighted by Crippen LogP contribution is 2.17. The van der Waals surface area contributed by atoms with Crippen LogP contribution in [0.4, 0.5) is 0 Å². The van der Waals surface area contributed by atoms with Gasteiger partial charge in [0.05, 0.1) is 12.5 Å². The van der Waals surface area contributed by atoms with Gasteiger partial charge in [-0.3, -0.25) is 9.59 Å². The lowest BCUT2D eigenvalue weighted by molar-refractivity contribution is -0.140. The molecule has 0 aromatic rings. The van der Waals surface area contributed by atoms with Gasteiger partial charge in [0.1, 0.15) is 0 Å². The van der Waals surface area contributed by atoms with Crippen LogP contribution in [-0.2, 0) is 9.59 Å². The quantitative estimate of drug-likeness (QED) is 0.495. The summed E-state index contributed by atoms with van der Waals surface area (Å²) in [5, 5.41) is 11.2. The van der Waals surface area contributed by atoms with Gasteiger partial charge < -0.3 is 16.2 Å². The summed E-state index contributed by atoms with van der Waals surface area (Å²) in [5.41, 5.74) is 5.09. The molecular formula is C8H12N2O3. The number of rotatable bonds is 3. The summed E-state index contributed by atoms with van der Waals surface area (Å²) in [5.74, 6) is -1.61. The molecule has 1 amide bonds. The number of carbonyl (C=O) groups excluding carboxylic acids is 1. The third kappa shape index (κ3) is 2.55. The molecule has 5 heteroatoms. The lowest BCUT2D eigenvalue weighted by Gasteiger charge is -2.10. The number of carbonyl (C=O) groups is 2. The number of aliphatic carboxylic acids is 1. The maximum Gasteiger partial charge on any atom is 0.310 e. The molecule has 13 heavy (non-hydrogen) atoms. The van der Waals surface area contributed by atoms with Gasteiger partial charge in [-0.15, -0.1) is 0 Å². The third-order valence-electron chi connectivity index (χ3n) is 1.93. The van der Waals surface area contributed by atoms with E-state index in [-0.39, 0.29) is 18.5 Å². The van der Waals surface area contributed by atoms with Crippen LogP contribution in [0, 0.1) is 5.92 Å². The molecule has 72 valence electrons. The molecule has 1 rings (SSSR count). The third-order valence-corrected chi connectivity index (χ3v) is 1.93. The molecule has 1 aliphatic carbocycles. The molecule has 2 atom stereocenters. The summed E-state index contributed by atoms with van der Waals surface area (Å²) in [6.45, 7) is -0.0674. The Kier molecular flexibility index (Phi) is 3.02. The van der Waals surface area contributed by atoms with Crippen molar-refractivity contribution in [1.82, 2.24) is 5.32 Å². The van der Waals surface area contributed by atoms with E-state index < -0.39 is 11.9 Å². The maximum absolute atomic E-state index is 10.8. The standard InChI is InChI=1S/C8H12N2O3/c9-4-7(11)10-6-2-1-5(3-6)8(12)13/h1-2,5-6H,3-4,9H2,(H,10,11)(H,12,13). The number of amides is 1. The Morgan fingerprint density at radius 3 is 2.69 bits per heavy atom. The number of nitrogens with one attached hydrogen (secondary N) is 1. The summed E-state index contributed by atoms with van der Waals surface area (Å²) in [6.07, 6.45) is 3.69. The monoisotopic (exact) mass is 184 g/mol. The molecule has 0 aromatic carbocycles. The maximum atomic E-state index is 10.8. The number of hydrogen-bond donors (Lipinski definition) is 3. The van der Waals surface area contributed by atoms with Crippen molar-refractivity contribution in [2.75, 3.05) is 6.54 Å². The Morgan fingerprint density at radius 1 is 1.54 bits per heavy atom. The van der Waals surface area contributed by atoms with Crippen LogP contribution in [0.2, 0.25) is 0 Å². The average Bonchev–Trinajstić information content (AvgIpc) is 2.52. The Balaban J connectivity index is 2.39. The normalized spacial score (nSPS) is 25.9. The van der Waals surface area contributed by atoms with Crippen LogP contribution in [0.3, 0.4) is 0 Å². The van der Waals surface area contributed by atoms with E-state index in [4.69, 9.17) is 10.8 Å². The van der Waals surface area contributed by atoms with E-state index in [1.807, 2.05) is 0 Å². The Morgan fingerprint density at radius 2 is 2.23 bits per heavy atom. The molecule has 0 spiro atoms. The molecule has 1 aliphatic rings. The molecule has 0 saturated carbocycles. The second-order valence-electron chi connectivity index (χ2n) is 2.94. The molecule has 0 saturated heterocycles. The highest BCUT2D eigenvalue weighted by atomic mass is 16.4. The van der Waals surface area contributed by atoms with Crippen LogP contribution in [0.1, 0.15) is 6.42 Å². The minimum Gasteiger partial charge on any atom is -0.481 e. The minimum absolute atomic E-state index is 0.0674. The van der Waals surface area contributed by atoms with Crippen molar-refractivity contribution in [1.29, 1.82) is 0 Å². The average molecular weight is 184 g/mol. The van der Waals surface area contributed by atoms with Crippen LogP contribution in [-0.4, -0.2) is 29.6 Å². The van der Waals surface area contributed by atoms with Crippen LogP contribution < -0.4 is 11.1 Å². The van der Waals surface area contributed by atoms with Gasteiger partial charge in [0.15, 0.2) is 0 Å². The number of hydrogen-bond acceptors (Lipinski definition) is 3. The first kappa shape index (κ1) is 9.73. The van der Waals surface area contributed by atoms with E-state index in [1.54, 1.807) is 12.2 Å². The molecule has 0 bridgehead atoms. The van der Waals surface area contributed by atoms with Gasteiger partial charge >= 0.3 is 5.97 Å². The van der Waals surface area contributed by atoms with Crippen LogP contribution in [0.15, 0.2) is 12.2 Å². The largest absolute Gasteiger partial charge is 0.481 e. The fraction of sp³-hybridized carbons (Fsp3) is 0.500. The van der Waals surface area contributed by atoms with Crippen LogP contribution >= 0.6 is 0 Å². The van der Waals surface area contributed by atoms with Gasteiger partial charge in [-0.05, 0) is 6.42 Å². The number of carboxylic acids is 1. The zero-order valence-electron chi connectivity index (χ0n) is 7.06. The van der Waals surface area contributed by atoms with Crippen molar-refractivity contribution in [3.05, 3.63) is 12.2 Å². The van der Waals surface area contributed by atoms with Crippen molar-refractivity contribution in [3.63, 3.8) is 0 Å². The minimum atomic E-state index is -0.860. The summed E-state index contributed by atoms with van der Waals surface area (Å²) in [4.78, 5) is 21.3. The van der Waals surface area contributed by atoms with Crippen molar-refractivity contribution in [3.8, 4) is 0 Å². The lowest BCUT2D eigenvalue weighted by atomic mass is 10.1. The van der Waals surface area contributed by atoms with E-state index in [2.05, 4.69) is 5.32 Å². The Bertz CT molecular complexity index is 250. The molecule has 0 aliphatic heterocycles. The predicted octanol–water partition coefficient (Wildman–Crippen LogP) is -0.909.